The molecule has 0 atom stereocenters. The van der Waals surface area contributed by atoms with Gasteiger partial charge in [-0.1, -0.05) is 48.0 Å². The van der Waals surface area contributed by atoms with E-state index in [1.165, 1.54) is 11.1 Å². The number of nitrogens with one attached hydrogen (secondary N) is 1. The lowest BCUT2D eigenvalue weighted by Gasteiger charge is -2.28. The first-order valence-corrected chi connectivity index (χ1v) is 8.34. The number of anilines is 1. The third kappa shape index (κ3) is 3.82. The Labute approximate surface area is 142 Å². The Balaban J connectivity index is 1.55. The van der Waals surface area contributed by atoms with Gasteiger partial charge in [0.2, 0.25) is 11.8 Å². The number of nitrogens with zero attached hydrogens (tertiary/aromatic N) is 1. The number of aryl methyl sites for hydroxylation is 2. The van der Waals surface area contributed by atoms with Crippen LogP contribution < -0.4 is 10.2 Å². The summed E-state index contributed by atoms with van der Waals surface area (Å²) in [4.78, 5) is 26.0. The van der Waals surface area contributed by atoms with Gasteiger partial charge in [0.1, 0.15) is 6.54 Å². The monoisotopic (exact) mass is 322 g/mol. The van der Waals surface area contributed by atoms with Crippen LogP contribution in [0.25, 0.3) is 0 Å². The number of rotatable bonds is 5. The van der Waals surface area contributed by atoms with Gasteiger partial charge in [0.15, 0.2) is 0 Å². The standard InChI is InChI=1S/C20H22N2O2/c1-15-6-8-16(9-7-15)12-13-21-19(23)14-22-18-5-3-2-4-17(18)10-11-20(22)24/h2-9H,10-14H2,1H3,(H,21,23). The minimum atomic E-state index is -0.118. The maximum absolute atomic E-state index is 12.2. The average Bonchev–Trinajstić information content (AvgIpc) is 2.59. The number of hydrogen-bond donors (Lipinski definition) is 1. The zero-order chi connectivity index (χ0) is 16.9. The molecule has 0 spiro atoms. The van der Waals surface area contributed by atoms with Crippen LogP contribution in [0.1, 0.15) is 23.1 Å². The zero-order valence-corrected chi connectivity index (χ0v) is 13.9. The van der Waals surface area contributed by atoms with Crippen molar-refractivity contribution in [2.45, 2.75) is 26.2 Å². The molecule has 2 aromatic carbocycles. The van der Waals surface area contributed by atoms with Gasteiger partial charge in [-0.2, -0.15) is 0 Å². The molecule has 4 heteroatoms. The average molecular weight is 322 g/mol. The van der Waals surface area contributed by atoms with Crippen LogP contribution >= 0.6 is 0 Å². The molecule has 24 heavy (non-hydrogen) atoms. The molecule has 2 aromatic rings. The van der Waals surface area contributed by atoms with Gasteiger partial charge in [-0.25, -0.2) is 0 Å². The van der Waals surface area contributed by atoms with Crippen LogP contribution in [0, 0.1) is 6.92 Å². The van der Waals surface area contributed by atoms with Crippen molar-refractivity contribution in [1.82, 2.24) is 5.32 Å². The third-order valence-corrected chi connectivity index (χ3v) is 4.35. The molecular formula is C20H22N2O2. The molecule has 1 aliphatic rings. The summed E-state index contributed by atoms with van der Waals surface area (Å²) in [7, 11) is 0. The number of carbonyl (C=O) groups excluding carboxylic acids is 2. The summed E-state index contributed by atoms with van der Waals surface area (Å²) in [5, 5.41) is 2.91. The molecule has 0 aromatic heterocycles. The number of fused-ring (bicyclic) bond motifs is 1. The van der Waals surface area contributed by atoms with E-state index < -0.39 is 0 Å². The summed E-state index contributed by atoms with van der Waals surface area (Å²) in [5.41, 5.74) is 4.41. The number of amides is 2. The first kappa shape index (κ1) is 16.2. The predicted molar refractivity (Wildman–Crippen MR) is 95.0 cm³/mol. The van der Waals surface area contributed by atoms with Crippen LogP contribution in [0.15, 0.2) is 48.5 Å². The molecule has 1 aliphatic heterocycles. The van der Waals surface area contributed by atoms with Crippen molar-refractivity contribution < 1.29 is 9.59 Å². The normalized spacial score (nSPS) is 13.5. The number of benzene rings is 2. The van der Waals surface area contributed by atoms with Gasteiger partial charge >= 0.3 is 0 Å². The van der Waals surface area contributed by atoms with Crippen molar-refractivity contribution >= 4 is 17.5 Å². The molecule has 0 radical (unpaired) electrons. The molecule has 0 saturated heterocycles. The van der Waals surface area contributed by atoms with Gasteiger partial charge in [0.05, 0.1) is 0 Å². The van der Waals surface area contributed by atoms with E-state index in [2.05, 4.69) is 36.5 Å². The van der Waals surface area contributed by atoms with Crippen molar-refractivity contribution in [2.24, 2.45) is 0 Å². The summed E-state index contributed by atoms with van der Waals surface area (Å²) < 4.78 is 0. The highest BCUT2D eigenvalue weighted by molar-refractivity contribution is 6.00. The summed E-state index contributed by atoms with van der Waals surface area (Å²) >= 11 is 0. The second kappa shape index (κ2) is 7.30. The third-order valence-electron chi connectivity index (χ3n) is 4.35. The van der Waals surface area contributed by atoms with Crippen LogP contribution in [-0.2, 0) is 22.4 Å². The van der Waals surface area contributed by atoms with Gasteiger partial charge in [0.25, 0.3) is 0 Å². The molecular weight excluding hydrogens is 300 g/mol. The summed E-state index contributed by atoms with van der Waals surface area (Å²) in [6.07, 6.45) is 2.00. The van der Waals surface area contributed by atoms with Crippen LogP contribution in [0.2, 0.25) is 0 Å². The van der Waals surface area contributed by atoms with Crippen molar-refractivity contribution in [3.8, 4) is 0 Å². The van der Waals surface area contributed by atoms with E-state index in [0.29, 0.717) is 13.0 Å². The molecule has 0 fully saturated rings. The highest BCUT2D eigenvalue weighted by Crippen LogP contribution is 2.26. The van der Waals surface area contributed by atoms with Crippen LogP contribution in [0.3, 0.4) is 0 Å². The van der Waals surface area contributed by atoms with Crippen molar-refractivity contribution in [1.29, 1.82) is 0 Å². The lowest BCUT2D eigenvalue weighted by molar-refractivity contribution is -0.124. The van der Waals surface area contributed by atoms with E-state index in [-0.39, 0.29) is 18.4 Å². The van der Waals surface area contributed by atoms with Crippen molar-refractivity contribution in [3.05, 3.63) is 65.2 Å². The SMILES string of the molecule is Cc1ccc(CCNC(=O)CN2C(=O)CCc3ccccc32)cc1. The largest absolute Gasteiger partial charge is 0.354 e. The summed E-state index contributed by atoms with van der Waals surface area (Å²) in [5.74, 6) is -0.102. The van der Waals surface area contributed by atoms with Gasteiger partial charge < -0.3 is 10.2 Å². The Kier molecular flexibility index (Phi) is 4.94. The van der Waals surface area contributed by atoms with E-state index >= 15 is 0 Å². The first-order chi connectivity index (χ1) is 11.6. The number of para-hydroxylation sites is 1. The molecule has 3 rings (SSSR count). The van der Waals surface area contributed by atoms with E-state index in [1.807, 2.05) is 24.3 Å². The van der Waals surface area contributed by atoms with E-state index in [1.54, 1.807) is 4.90 Å². The van der Waals surface area contributed by atoms with E-state index in [4.69, 9.17) is 0 Å². The Hall–Kier alpha value is -2.62. The number of hydrogen-bond acceptors (Lipinski definition) is 2. The Morgan fingerprint density at radius 1 is 1.08 bits per heavy atom. The molecule has 0 unspecified atom stereocenters. The van der Waals surface area contributed by atoms with Crippen LogP contribution in [-0.4, -0.2) is 24.9 Å². The molecule has 4 nitrogen and oxygen atoms in total. The van der Waals surface area contributed by atoms with Crippen molar-refractivity contribution in [2.75, 3.05) is 18.0 Å². The minimum Gasteiger partial charge on any atom is -0.354 e. The van der Waals surface area contributed by atoms with Crippen LogP contribution in [0.5, 0.6) is 0 Å². The van der Waals surface area contributed by atoms with Gasteiger partial charge in [0, 0.05) is 18.7 Å². The van der Waals surface area contributed by atoms with E-state index in [0.717, 1.165) is 24.1 Å². The highest BCUT2D eigenvalue weighted by atomic mass is 16.2. The lowest BCUT2D eigenvalue weighted by atomic mass is 10.0. The molecule has 1 heterocycles. The van der Waals surface area contributed by atoms with Gasteiger partial charge in [-0.3, -0.25) is 9.59 Å². The van der Waals surface area contributed by atoms with Crippen LogP contribution in [0.4, 0.5) is 5.69 Å². The minimum absolute atomic E-state index is 0.0161. The first-order valence-electron chi connectivity index (χ1n) is 8.34. The second-order valence-electron chi connectivity index (χ2n) is 6.19. The maximum Gasteiger partial charge on any atom is 0.240 e. The van der Waals surface area contributed by atoms with Crippen molar-refractivity contribution in [3.63, 3.8) is 0 Å². The predicted octanol–water partition coefficient (Wildman–Crippen LogP) is 2.63. The number of carbonyl (C=O) groups is 2. The highest BCUT2D eigenvalue weighted by Gasteiger charge is 2.25. The fraction of sp³-hybridized carbons (Fsp3) is 0.300. The molecule has 0 bridgehead atoms. The quantitative estimate of drug-likeness (QED) is 0.920. The molecule has 0 aliphatic carbocycles. The fourth-order valence-corrected chi connectivity index (χ4v) is 2.97. The lowest BCUT2D eigenvalue weighted by Crippen LogP contribution is -2.43. The smallest absolute Gasteiger partial charge is 0.240 e. The maximum atomic E-state index is 12.2. The molecule has 2 amide bonds. The summed E-state index contributed by atoms with van der Waals surface area (Å²) in [6, 6.07) is 16.1. The zero-order valence-electron chi connectivity index (χ0n) is 13.9. The van der Waals surface area contributed by atoms with Gasteiger partial charge in [-0.15, -0.1) is 0 Å². The summed E-state index contributed by atoms with van der Waals surface area (Å²) in [6.45, 7) is 2.72. The Morgan fingerprint density at radius 3 is 2.62 bits per heavy atom. The molecule has 1 N–H and O–H groups in total. The Morgan fingerprint density at radius 2 is 1.83 bits per heavy atom. The topological polar surface area (TPSA) is 49.4 Å². The second-order valence-corrected chi connectivity index (χ2v) is 6.19. The molecule has 124 valence electrons. The van der Waals surface area contributed by atoms with Gasteiger partial charge in [-0.05, 0) is 37.0 Å². The Bertz CT molecular complexity index is 738. The molecule has 0 saturated carbocycles. The fourth-order valence-electron chi connectivity index (χ4n) is 2.97. The van der Waals surface area contributed by atoms with E-state index in [9.17, 15) is 9.59 Å².